The highest BCUT2D eigenvalue weighted by Crippen LogP contribution is 2.22. The summed E-state index contributed by atoms with van der Waals surface area (Å²) in [5, 5.41) is 0.999. The van der Waals surface area contributed by atoms with Gasteiger partial charge in [-0.25, -0.2) is 0 Å². The van der Waals surface area contributed by atoms with Gasteiger partial charge in [0.1, 0.15) is 0 Å². The van der Waals surface area contributed by atoms with Crippen LogP contribution in [0.2, 0.25) is 0 Å². The van der Waals surface area contributed by atoms with Gasteiger partial charge >= 0.3 is 5.97 Å². The molecule has 0 rings (SSSR count). The summed E-state index contributed by atoms with van der Waals surface area (Å²) in [5.74, 6) is -0.0780. The van der Waals surface area contributed by atoms with Crippen LogP contribution in [0.1, 0.15) is 40.5 Å². The van der Waals surface area contributed by atoms with E-state index in [0.717, 1.165) is 6.42 Å². The summed E-state index contributed by atoms with van der Waals surface area (Å²) in [4.78, 5) is 11.1. The maximum absolute atomic E-state index is 11.1. The van der Waals surface area contributed by atoms with Crippen molar-refractivity contribution in [3.05, 3.63) is 0 Å². The predicted octanol–water partition coefficient (Wildman–Crippen LogP) is 2.86. The first-order valence-electron chi connectivity index (χ1n) is 4.91. The smallest absolute Gasteiger partial charge is 0.306 e. The second-order valence-corrected chi connectivity index (χ2v) is 5.06. The van der Waals surface area contributed by atoms with Gasteiger partial charge in [-0.3, -0.25) is 4.79 Å². The van der Waals surface area contributed by atoms with Gasteiger partial charge in [-0.1, -0.05) is 20.8 Å². The number of hydrogen-bond donors (Lipinski definition) is 0. The molecule has 0 aliphatic carbocycles. The Morgan fingerprint density at radius 1 is 1.31 bits per heavy atom. The summed E-state index contributed by atoms with van der Waals surface area (Å²) in [6.45, 7) is 8.75. The van der Waals surface area contributed by atoms with Gasteiger partial charge in [-0.2, -0.15) is 11.8 Å². The van der Waals surface area contributed by atoms with E-state index in [0.29, 0.717) is 23.5 Å². The van der Waals surface area contributed by atoms with Crippen LogP contribution in [0.25, 0.3) is 0 Å². The zero-order chi connectivity index (χ0) is 10.3. The quantitative estimate of drug-likeness (QED) is 0.622. The Bertz CT molecular complexity index is 148. The minimum atomic E-state index is -0.0780. The van der Waals surface area contributed by atoms with Gasteiger partial charge in [-0.15, -0.1) is 0 Å². The lowest BCUT2D eigenvalue weighted by Crippen LogP contribution is -2.12. The third-order valence-electron chi connectivity index (χ3n) is 1.80. The summed E-state index contributed by atoms with van der Waals surface area (Å²) in [6.07, 6.45) is 1.68. The molecule has 2 unspecified atom stereocenters. The van der Waals surface area contributed by atoms with E-state index < -0.39 is 0 Å². The molecule has 0 spiro atoms. The Kier molecular flexibility index (Phi) is 7.14. The lowest BCUT2D eigenvalue weighted by molar-refractivity contribution is -0.142. The molecule has 0 aliphatic heterocycles. The van der Waals surface area contributed by atoms with Gasteiger partial charge in [-0.05, 0) is 13.3 Å². The number of carbonyl (C=O) groups excluding carboxylic acids is 1. The van der Waals surface area contributed by atoms with Crippen LogP contribution in [0.5, 0.6) is 0 Å². The summed E-state index contributed by atoms with van der Waals surface area (Å²) < 4.78 is 4.88. The molecule has 0 aromatic carbocycles. The van der Waals surface area contributed by atoms with Crippen molar-refractivity contribution in [1.29, 1.82) is 0 Å². The standard InChI is InChI=1S/C10H20O2S/c1-5-8(3)13-9(4)7-10(11)12-6-2/h8-9H,5-7H2,1-4H3. The zero-order valence-corrected chi connectivity index (χ0v) is 9.82. The molecule has 0 saturated carbocycles. The monoisotopic (exact) mass is 204 g/mol. The number of esters is 1. The molecule has 0 bridgehead atoms. The lowest BCUT2D eigenvalue weighted by atomic mass is 10.3. The van der Waals surface area contributed by atoms with Crippen LogP contribution in [0.15, 0.2) is 0 Å². The van der Waals surface area contributed by atoms with E-state index in [1.807, 2.05) is 18.7 Å². The number of hydrogen-bond acceptors (Lipinski definition) is 3. The summed E-state index contributed by atoms with van der Waals surface area (Å²) in [7, 11) is 0. The van der Waals surface area contributed by atoms with E-state index >= 15 is 0 Å². The first-order valence-corrected chi connectivity index (χ1v) is 5.85. The molecule has 0 aliphatic rings. The SMILES string of the molecule is CCOC(=O)CC(C)SC(C)CC. The maximum atomic E-state index is 11.1. The van der Waals surface area contributed by atoms with E-state index in [1.165, 1.54) is 0 Å². The van der Waals surface area contributed by atoms with Crippen molar-refractivity contribution >= 4 is 17.7 Å². The topological polar surface area (TPSA) is 26.3 Å². The van der Waals surface area contributed by atoms with Gasteiger partial charge in [0, 0.05) is 10.5 Å². The molecule has 3 heteroatoms. The second-order valence-electron chi connectivity index (χ2n) is 3.17. The number of carbonyl (C=O) groups is 1. The van der Waals surface area contributed by atoms with Gasteiger partial charge < -0.3 is 4.74 Å². The molecule has 0 N–H and O–H groups in total. The Morgan fingerprint density at radius 2 is 1.92 bits per heavy atom. The fourth-order valence-corrected chi connectivity index (χ4v) is 2.21. The minimum Gasteiger partial charge on any atom is -0.466 e. The first-order chi connectivity index (χ1) is 6.10. The predicted molar refractivity (Wildman–Crippen MR) is 58.1 cm³/mol. The van der Waals surface area contributed by atoms with Crippen LogP contribution in [0, 0.1) is 0 Å². The van der Waals surface area contributed by atoms with Gasteiger partial charge in [0.25, 0.3) is 0 Å². The second kappa shape index (κ2) is 7.25. The third kappa shape index (κ3) is 6.94. The Labute approximate surface area is 85.4 Å². The highest BCUT2D eigenvalue weighted by Gasteiger charge is 2.12. The average molecular weight is 204 g/mol. The highest BCUT2D eigenvalue weighted by atomic mass is 32.2. The molecule has 0 radical (unpaired) electrons. The molecule has 0 heterocycles. The summed E-state index contributed by atoms with van der Waals surface area (Å²) >= 11 is 1.85. The summed E-state index contributed by atoms with van der Waals surface area (Å²) in [5.41, 5.74) is 0. The molecular weight excluding hydrogens is 184 g/mol. The average Bonchev–Trinajstić information content (AvgIpc) is 2.04. The van der Waals surface area contributed by atoms with E-state index in [9.17, 15) is 4.79 Å². The van der Waals surface area contributed by atoms with Crippen LogP contribution >= 0.6 is 11.8 Å². The largest absolute Gasteiger partial charge is 0.466 e. The van der Waals surface area contributed by atoms with E-state index in [-0.39, 0.29) is 5.97 Å². The molecule has 0 saturated heterocycles. The molecular formula is C10H20O2S. The van der Waals surface area contributed by atoms with Gasteiger partial charge in [0.2, 0.25) is 0 Å². The number of thioether (sulfide) groups is 1. The van der Waals surface area contributed by atoms with Crippen LogP contribution < -0.4 is 0 Å². The molecule has 78 valence electrons. The normalized spacial score (nSPS) is 15.1. The number of rotatable bonds is 6. The lowest BCUT2D eigenvalue weighted by Gasteiger charge is -2.14. The molecule has 13 heavy (non-hydrogen) atoms. The van der Waals surface area contributed by atoms with Gasteiger partial charge in [0.05, 0.1) is 13.0 Å². The van der Waals surface area contributed by atoms with Crippen molar-refractivity contribution in [2.75, 3.05) is 6.61 Å². The molecule has 0 amide bonds. The molecule has 0 aromatic heterocycles. The molecule has 2 atom stereocenters. The van der Waals surface area contributed by atoms with Crippen molar-refractivity contribution < 1.29 is 9.53 Å². The van der Waals surface area contributed by atoms with Gasteiger partial charge in [0.15, 0.2) is 0 Å². The van der Waals surface area contributed by atoms with Crippen molar-refractivity contribution in [1.82, 2.24) is 0 Å². The van der Waals surface area contributed by atoms with E-state index in [2.05, 4.69) is 20.8 Å². The van der Waals surface area contributed by atoms with Crippen molar-refractivity contribution in [2.24, 2.45) is 0 Å². The molecule has 0 aromatic rings. The van der Waals surface area contributed by atoms with Crippen LogP contribution in [0.4, 0.5) is 0 Å². The fourth-order valence-electron chi connectivity index (χ4n) is 0.996. The number of ether oxygens (including phenoxy) is 1. The van der Waals surface area contributed by atoms with Crippen molar-refractivity contribution in [3.8, 4) is 0 Å². The van der Waals surface area contributed by atoms with E-state index in [4.69, 9.17) is 4.74 Å². The molecule has 0 fully saturated rings. The minimum absolute atomic E-state index is 0.0780. The van der Waals surface area contributed by atoms with Crippen molar-refractivity contribution in [2.45, 2.75) is 51.0 Å². The Balaban J connectivity index is 3.60. The van der Waals surface area contributed by atoms with Crippen LogP contribution in [0.3, 0.4) is 0 Å². The maximum Gasteiger partial charge on any atom is 0.306 e. The van der Waals surface area contributed by atoms with Crippen LogP contribution in [-0.2, 0) is 9.53 Å². The molecule has 2 nitrogen and oxygen atoms in total. The Hall–Kier alpha value is -0.180. The van der Waals surface area contributed by atoms with Crippen molar-refractivity contribution in [3.63, 3.8) is 0 Å². The highest BCUT2D eigenvalue weighted by molar-refractivity contribution is 8.00. The summed E-state index contributed by atoms with van der Waals surface area (Å²) in [6, 6.07) is 0. The first kappa shape index (κ1) is 12.8. The Morgan fingerprint density at radius 3 is 2.38 bits per heavy atom. The fraction of sp³-hybridized carbons (Fsp3) is 0.900. The third-order valence-corrected chi connectivity index (χ3v) is 3.23. The van der Waals surface area contributed by atoms with Crippen LogP contribution in [-0.4, -0.2) is 23.1 Å². The zero-order valence-electron chi connectivity index (χ0n) is 9.00. The van der Waals surface area contributed by atoms with E-state index in [1.54, 1.807) is 0 Å².